The summed E-state index contributed by atoms with van der Waals surface area (Å²) in [5.74, 6) is 1.94. The molecule has 0 radical (unpaired) electrons. The highest BCUT2D eigenvalue weighted by Crippen LogP contribution is 2.36. The first-order valence-corrected chi connectivity index (χ1v) is 10.4. The normalized spacial score (nSPS) is 14.2. The van der Waals surface area contributed by atoms with Crippen LogP contribution in [0.2, 0.25) is 0 Å². The minimum Gasteiger partial charge on any atom is -0.497 e. The van der Waals surface area contributed by atoms with Crippen LogP contribution >= 0.6 is 0 Å². The van der Waals surface area contributed by atoms with Gasteiger partial charge in [0, 0.05) is 23.9 Å². The molecule has 1 aliphatic rings. The van der Waals surface area contributed by atoms with Crippen molar-refractivity contribution in [1.29, 1.82) is 0 Å². The summed E-state index contributed by atoms with van der Waals surface area (Å²) in [6.07, 6.45) is 4.19. The van der Waals surface area contributed by atoms with Gasteiger partial charge in [0.15, 0.2) is 5.65 Å². The summed E-state index contributed by atoms with van der Waals surface area (Å²) in [7, 11) is 3.45. The Kier molecular flexibility index (Phi) is 5.46. The number of nitrogens with one attached hydrogen (secondary N) is 1. The molecule has 0 fully saturated rings. The zero-order valence-electron chi connectivity index (χ0n) is 18.0. The molecule has 1 aromatic carbocycles. The van der Waals surface area contributed by atoms with E-state index in [0.29, 0.717) is 6.61 Å². The van der Waals surface area contributed by atoms with Gasteiger partial charge in [-0.25, -0.2) is 4.98 Å². The third-order valence-electron chi connectivity index (χ3n) is 5.87. The molecule has 0 aliphatic heterocycles. The van der Waals surface area contributed by atoms with E-state index < -0.39 is 0 Å². The Morgan fingerprint density at radius 3 is 2.72 bits per heavy atom. The van der Waals surface area contributed by atoms with Gasteiger partial charge >= 0.3 is 0 Å². The van der Waals surface area contributed by atoms with Gasteiger partial charge in [-0.3, -0.25) is 0 Å². The van der Waals surface area contributed by atoms with Crippen LogP contribution in [0.1, 0.15) is 42.3 Å². The van der Waals surface area contributed by atoms with Crippen LogP contribution in [0, 0.1) is 13.8 Å². The molecule has 0 bridgehead atoms. The third kappa shape index (κ3) is 3.46. The van der Waals surface area contributed by atoms with Crippen LogP contribution < -0.4 is 10.1 Å². The Labute approximate surface area is 172 Å². The molecular weight excluding hydrogens is 364 g/mol. The average Bonchev–Trinajstić information content (AvgIpc) is 3.31. The van der Waals surface area contributed by atoms with Gasteiger partial charge in [-0.05, 0) is 62.8 Å². The highest BCUT2D eigenvalue weighted by atomic mass is 16.5. The topological polar surface area (TPSA) is 60.7 Å². The van der Waals surface area contributed by atoms with E-state index in [4.69, 9.17) is 19.6 Å². The van der Waals surface area contributed by atoms with E-state index in [9.17, 15) is 0 Å². The van der Waals surface area contributed by atoms with Gasteiger partial charge in [-0.1, -0.05) is 13.0 Å². The Balaban J connectivity index is 1.91. The van der Waals surface area contributed by atoms with Crippen molar-refractivity contribution in [2.24, 2.45) is 0 Å². The van der Waals surface area contributed by atoms with Crippen LogP contribution in [0.15, 0.2) is 18.2 Å². The van der Waals surface area contributed by atoms with Gasteiger partial charge in [0.05, 0.1) is 25.5 Å². The molecule has 0 amide bonds. The number of rotatable bonds is 7. The molecule has 1 atom stereocenters. The van der Waals surface area contributed by atoms with Gasteiger partial charge in [-0.15, -0.1) is 0 Å². The van der Waals surface area contributed by atoms with Crippen LogP contribution in [0.5, 0.6) is 5.75 Å². The van der Waals surface area contributed by atoms with Gasteiger partial charge in [0.1, 0.15) is 11.6 Å². The van der Waals surface area contributed by atoms with Crippen molar-refractivity contribution in [2.75, 3.05) is 26.1 Å². The number of ether oxygens (including phenoxy) is 2. The summed E-state index contributed by atoms with van der Waals surface area (Å²) >= 11 is 0. The minimum absolute atomic E-state index is 0.242. The van der Waals surface area contributed by atoms with Crippen molar-refractivity contribution >= 4 is 11.5 Å². The van der Waals surface area contributed by atoms with Gasteiger partial charge in [0.2, 0.25) is 0 Å². The summed E-state index contributed by atoms with van der Waals surface area (Å²) in [4.78, 5) is 5.07. The van der Waals surface area contributed by atoms with Crippen molar-refractivity contribution < 1.29 is 9.47 Å². The van der Waals surface area contributed by atoms with Crippen molar-refractivity contribution in [3.05, 3.63) is 40.7 Å². The zero-order chi connectivity index (χ0) is 20.5. The molecule has 4 rings (SSSR count). The number of anilines is 1. The summed E-state index contributed by atoms with van der Waals surface area (Å²) in [6.45, 7) is 7.02. The number of benzene rings is 1. The summed E-state index contributed by atoms with van der Waals surface area (Å²) in [5.41, 5.74) is 7.81. The lowest BCUT2D eigenvalue weighted by molar-refractivity contribution is 0.184. The average molecular weight is 395 g/mol. The van der Waals surface area contributed by atoms with Crippen molar-refractivity contribution in [2.45, 2.75) is 52.5 Å². The molecule has 1 N–H and O–H groups in total. The van der Waals surface area contributed by atoms with E-state index in [1.54, 1.807) is 14.2 Å². The quantitative estimate of drug-likeness (QED) is 0.646. The first kappa shape index (κ1) is 19.7. The maximum absolute atomic E-state index is 5.41. The monoisotopic (exact) mass is 394 g/mol. The molecule has 29 heavy (non-hydrogen) atoms. The van der Waals surface area contributed by atoms with Gasteiger partial charge < -0.3 is 14.8 Å². The molecule has 0 saturated heterocycles. The van der Waals surface area contributed by atoms with Crippen molar-refractivity contribution in [1.82, 2.24) is 14.6 Å². The maximum Gasteiger partial charge on any atom is 0.165 e. The van der Waals surface area contributed by atoms with Crippen molar-refractivity contribution in [3.63, 3.8) is 0 Å². The second-order valence-electron chi connectivity index (χ2n) is 7.82. The molecule has 1 aliphatic carbocycles. The predicted molar refractivity (Wildman–Crippen MR) is 116 cm³/mol. The van der Waals surface area contributed by atoms with Crippen molar-refractivity contribution in [3.8, 4) is 16.9 Å². The number of methoxy groups -OCH3 is 2. The number of hydrogen-bond donors (Lipinski definition) is 1. The zero-order valence-corrected chi connectivity index (χ0v) is 18.0. The molecule has 0 spiro atoms. The summed E-state index contributed by atoms with van der Waals surface area (Å²) in [6, 6.07) is 6.42. The van der Waals surface area contributed by atoms with E-state index >= 15 is 0 Å². The lowest BCUT2D eigenvalue weighted by Gasteiger charge is -2.20. The molecule has 2 heterocycles. The molecule has 0 saturated carbocycles. The Bertz CT molecular complexity index is 1040. The van der Waals surface area contributed by atoms with Crippen LogP contribution in [0.25, 0.3) is 16.8 Å². The molecule has 6 nitrogen and oxygen atoms in total. The Morgan fingerprint density at radius 1 is 1.21 bits per heavy atom. The second kappa shape index (κ2) is 8.03. The Morgan fingerprint density at radius 2 is 2.03 bits per heavy atom. The third-order valence-corrected chi connectivity index (χ3v) is 5.87. The fourth-order valence-electron chi connectivity index (χ4n) is 4.30. The van der Waals surface area contributed by atoms with Crippen LogP contribution in [0.4, 0.5) is 5.82 Å². The lowest BCUT2D eigenvalue weighted by Crippen LogP contribution is -2.26. The largest absolute Gasteiger partial charge is 0.497 e. The van der Waals surface area contributed by atoms with Gasteiger partial charge in [0.25, 0.3) is 0 Å². The maximum atomic E-state index is 5.41. The number of hydrogen-bond acceptors (Lipinski definition) is 5. The second-order valence-corrected chi connectivity index (χ2v) is 7.82. The Hall–Kier alpha value is -2.60. The molecular formula is C23H30N4O2. The summed E-state index contributed by atoms with van der Waals surface area (Å²) in [5, 5.41) is 8.63. The molecule has 0 unspecified atom stereocenters. The van der Waals surface area contributed by atoms with Crippen LogP contribution in [-0.2, 0) is 17.6 Å². The fraction of sp³-hybridized carbons (Fsp3) is 0.478. The summed E-state index contributed by atoms with van der Waals surface area (Å²) < 4.78 is 12.8. The molecule has 154 valence electrons. The van der Waals surface area contributed by atoms with E-state index in [2.05, 4.69) is 38.2 Å². The number of nitrogens with zero attached hydrogens (tertiary/aromatic N) is 3. The van der Waals surface area contributed by atoms with E-state index in [0.717, 1.165) is 65.3 Å². The molecule has 3 aromatic rings. The predicted octanol–water partition coefficient (Wildman–Crippen LogP) is 4.35. The van der Waals surface area contributed by atoms with E-state index in [1.807, 2.05) is 10.6 Å². The SMILES string of the molecule is CC[C@@H](COC)Nc1c2c(nc3c(-c4ccc(OC)cc4C)c(C)nn13)CCC2. The van der Waals surface area contributed by atoms with E-state index in [-0.39, 0.29) is 6.04 Å². The lowest BCUT2D eigenvalue weighted by atomic mass is 10.0. The molecule has 2 aromatic heterocycles. The molecule has 6 heteroatoms. The van der Waals surface area contributed by atoms with Crippen LogP contribution in [0.3, 0.4) is 0 Å². The van der Waals surface area contributed by atoms with Gasteiger partial charge in [-0.2, -0.15) is 9.61 Å². The highest BCUT2D eigenvalue weighted by Gasteiger charge is 2.25. The number of aryl methyl sites for hydroxylation is 3. The first-order chi connectivity index (χ1) is 14.1. The standard InChI is InChI=1S/C23H30N4O2/c1-6-16(13-28-4)24-22-19-8-7-9-20(19)25-23-21(15(3)26-27(22)23)18-11-10-17(29-5)12-14(18)2/h10-12,16,24H,6-9,13H2,1-5H3/t16-/m0/s1. The fourth-order valence-corrected chi connectivity index (χ4v) is 4.30. The van der Waals surface area contributed by atoms with E-state index in [1.165, 1.54) is 11.3 Å². The minimum atomic E-state index is 0.242. The first-order valence-electron chi connectivity index (χ1n) is 10.4. The number of fused-ring (bicyclic) bond motifs is 2. The smallest absolute Gasteiger partial charge is 0.165 e. The highest BCUT2D eigenvalue weighted by molar-refractivity contribution is 5.83. The number of aromatic nitrogens is 3. The van der Waals surface area contributed by atoms with Crippen LogP contribution in [-0.4, -0.2) is 41.5 Å².